The largest absolute Gasteiger partial charge is 0.496 e. The maximum absolute atomic E-state index is 6.59. The fraction of sp³-hybridized carbons (Fsp3) is 0.333. The van der Waals surface area contributed by atoms with Crippen molar-refractivity contribution in [3.05, 3.63) is 64.2 Å². The molecule has 2 heteroatoms. The van der Waals surface area contributed by atoms with Gasteiger partial charge in [-0.3, -0.25) is 0 Å². The molecule has 2 aromatic rings. The first-order valence-corrected chi connectivity index (χ1v) is 7.29. The molecule has 1 atom stereocenters. The van der Waals surface area contributed by atoms with Crippen molar-refractivity contribution >= 4 is 11.6 Å². The number of halogens is 1. The summed E-state index contributed by atoms with van der Waals surface area (Å²) in [5, 5.41) is -0.0138. The SMILES string of the molecule is COc1ccc(C(Cl)Cc2cc(C)ccc2C)cc1C. The van der Waals surface area contributed by atoms with Crippen molar-refractivity contribution in [1.82, 2.24) is 0 Å². The summed E-state index contributed by atoms with van der Waals surface area (Å²) < 4.78 is 5.29. The molecule has 20 heavy (non-hydrogen) atoms. The molecular formula is C18H21ClO. The van der Waals surface area contributed by atoms with Gasteiger partial charge in [-0.1, -0.05) is 35.9 Å². The third-order valence-electron chi connectivity index (χ3n) is 3.68. The van der Waals surface area contributed by atoms with Crippen LogP contribution in [0, 0.1) is 20.8 Å². The standard InChI is InChI=1S/C18H21ClO/c1-12-5-6-13(2)16(9-12)11-17(19)15-7-8-18(20-4)14(3)10-15/h5-10,17H,11H2,1-4H3. The molecule has 0 amide bonds. The van der Waals surface area contributed by atoms with E-state index in [1.54, 1.807) is 7.11 Å². The summed E-state index contributed by atoms with van der Waals surface area (Å²) in [6.45, 7) is 6.30. The maximum Gasteiger partial charge on any atom is 0.121 e. The van der Waals surface area contributed by atoms with E-state index >= 15 is 0 Å². The van der Waals surface area contributed by atoms with Crippen LogP contribution in [0.4, 0.5) is 0 Å². The molecular weight excluding hydrogens is 268 g/mol. The molecule has 106 valence electrons. The third-order valence-corrected chi connectivity index (χ3v) is 4.09. The number of methoxy groups -OCH3 is 1. The lowest BCUT2D eigenvalue weighted by Crippen LogP contribution is -1.99. The fourth-order valence-corrected chi connectivity index (χ4v) is 2.73. The lowest BCUT2D eigenvalue weighted by Gasteiger charge is -2.14. The second-order valence-corrected chi connectivity index (χ2v) is 5.86. The molecule has 0 saturated heterocycles. The van der Waals surface area contributed by atoms with Gasteiger partial charge in [0.15, 0.2) is 0 Å². The van der Waals surface area contributed by atoms with Gasteiger partial charge in [-0.2, -0.15) is 0 Å². The van der Waals surface area contributed by atoms with Gasteiger partial charge in [-0.25, -0.2) is 0 Å². The summed E-state index contributed by atoms with van der Waals surface area (Å²) in [6, 6.07) is 12.7. The average molecular weight is 289 g/mol. The van der Waals surface area contributed by atoms with Crippen LogP contribution in [0.15, 0.2) is 36.4 Å². The monoisotopic (exact) mass is 288 g/mol. The van der Waals surface area contributed by atoms with Gasteiger partial charge in [0.25, 0.3) is 0 Å². The molecule has 1 unspecified atom stereocenters. The predicted octanol–water partition coefficient (Wildman–Crippen LogP) is 5.14. The molecule has 0 radical (unpaired) electrons. The van der Waals surface area contributed by atoms with Gasteiger partial charge in [-0.05, 0) is 55.5 Å². The highest BCUT2D eigenvalue weighted by atomic mass is 35.5. The summed E-state index contributed by atoms with van der Waals surface area (Å²) in [6.07, 6.45) is 0.848. The quantitative estimate of drug-likeness (QED) is 0.708. The number of benzene rings is 2. The molecule has 0 saturated carbocycles. The highest BCUT2D eigenvalue weighted by Gasteiger charge is 2.12. The number of hydrogen-bond acceptors (Lipinski definition) is 1. The van der Waals surface area contributed by atoms with Gasteiger partial charge in [0.2, 0.25) is 0 Å². The highest BCUT2D eigenvalue weighted by Crippen LogP contribution is 2.30. The number of aryl methyl sites for hydroxylation is 3. The molecule has 2 aromatic carbocycles. The molecule has 0 aromatic heterocycles. The fourth-order valence-electron chi connectivity index (χ4n) is 2.43. The van der Waals surface area contributed by atoms with Crippen LogP contribution in [-0.4, -0.2) is 7.11 Å². The zero-order valence-corrected chi connectivity index (χ0v) is 13.3. The van der Waals surface area contributed by atoms with Crippen molar-refractivity contribution in [2.75, 3.05) is 7.11 Å². The summed E-state index contributed by atoms with van der Waals surface area (Å²) in [5.41, 5.74) is 6.16. The van der Waals surface area contributed by atoms with Gasteiger partial charge in [-0.15, -0.1) is 11.6 Å². The Kier molecular flexibility index (Phi) is 4.72. The topological polar surface area (TPSA) is 9.23 Å². The lowest BCUT2D eigenvalue weighted by atomic mass is 9.97. The number of alkyl halides is 1. The van der Waals surface area contributed by atoms with E-state index < -0.39 is 0 Å². The van der Waals surface area contributed by atoms with Crippen LogP contribution in [0.2, 0.25) is 0 Å². The number of rotatable bonds is 4. The minimum absolute atomic E-state index is 0.0138. The van der Waals surface area contributed by atoms with Crippen LogP contribution in [-0.2, 0) is 6.42 Å². The Morgan fingerprint density at radius 2 is 1.75 bits per heavy atom. The zero-order valence-electron chi connectivity index (χ0n) is 12.5. The van der Waals surface area contributed by atoms with E-state index in [0.717, 1.165) is 23.3 Å². The van der Waals surface area contributed by atoms with Gasteiger partial charge < -0.3 is 4.74 Å². The normalized spacial score (nSPS) is 12.2. The Balaban J connectivity index is 2.21. The Morgan fingerprint density at radius 3 is 2.40 bits per heavy atom. The molecule has 0 aliphatic heterocycles. The molecule has 0 aliphatic carbocycles. The van der Waals surface area contributed by atoms with Gasteiger partial charge in [0, 0.05) is 0 Å². The number of ether oxygens (including phenoxy) is 1. The molecule has 0 N–H and O–H groups in total. The minimum Gasteiger partial charge on any atom is -0.496 e. The molecule has 0 aliphatic rings. The minimum atomic E-state index is -0.0138. The first-order chi connectivity index (χ1) is 9.51. The smallest absolute Gasteiger partial charge is 0.121 e. The summed E-state index contributed by atoms with van der Waals surface area (Å²) >= 11 is 6.59. The Morgan fingerprint density at radius 1 is 1.00 bits per heavy atom. The Bertz CT molecular complexity index is 604. The van der Waals surface area contributed by atoms with Crippen molar-refractivity contribution in [3.63, 3.8) is 0 Å². The molecule has 0 heterocycles. The highest BCUT2D eigenvalue weighted by molar-refractivity contribution is 6.21. The lowest BCUT2D eigenvalue weighted by molar-refractivity contribution is 0.411. The molecule has 1 nitrogen and oxygen atoms in total. The second kappa shape index (κ2) is 6.32. The van der Waals surface area contributed by atoms with Crippen LogP contribution in [0.5, 0.6) is 5.75 Å². The van der Waals surface area contributed by atoms with E-state index in [1.807, 2.05) is 13.0 Å². The van der Waals surface area contributed by atoms with E-state index in [9.17, 15) is 0 Å². The first-order valence-electron chi connectivity index (χ1n) is 6.86. The predicted molar refractivity (Wildman–Crippen MR) is 85.9 cm³/mol. The van der Waals surface area contributed by atoms with Gasteiger partial charge >= 0.3 is 0 Å². The van der Waals surface area contributed by atoms with E-state index in [1.165, 1.54) is 16.7 Å². The molecule has 0 bridgehead atoms. The van der Waals surface area contributed by atoms with E-state index in [2.05, 4.69) is 44.2 Å². The van der Waals surface area contributed by atoms with Gasteiger partial charge in [0.1, 0.15) is 5.75 Å². The maximum atomic E-state index is 6.59. The summed E-state index contributed by atoms with van der Waals surface area (Å²) in [4.78, 5) is 0. The van der Waals surface area contributed by atoms with E-state index in [0.29, 0.717) is 0 Å². The number of hydrogen-bond donors (Lipinski definition) is 0. The van der Waals surface area contributed by atoms with Gasteiger partial charge in [0.05, 0.1) is 12.5 Å². The van der Waals surface area contributed by atoms with E-state index in [-0.39, 0.29) is 5.38 Å². The van der Waals surface area contributed by atoms with E-state index in [4.69, 9.17) is 16.3 Å². The van der Waals surface area contributed by atoms with Crippen LogP contribution in [0.25, 0.3) is 0 Å². The summed E-state index contributed by atoms with van der Waals surface area (Å²) in [5.74, 6) is 0.907. The average Bonchev–Trinajstić information content (AvgIpc) is 2.42. The third kappa shape index (κ3) is 3.34. The molecule has 2 rings (SSSR count). The van der Waals surface area contributed by atoms with Crippen molar-refractivity contribution in [1.29, 1.82) is 0 Å². The van der Waals surface area contributed by atoms with Crippen molar-refractivity contribution in [2.45, 2.75) is 32.6 Å². The van der Waals surface area contributed by atoms with Crippen molar-refractivity contribution in [3.8, 4) is 5.75 Å². The van der Waals surface area contributed by atoms with Crippen LogP contribution in [0.1, 0.15) is 33.2 Å². The Hall–Kier alpha value is -1.47. The zero-order chi connectivity index (χ0) is 14.7. The second-order valence-electron chi connectivity index (χ2n) is 5.33. The van der Waals surface area contributed by atoms with Crippen LogP contribution in [0.3, 0.4) is 0 Å². The van der Waals surface area contributed by atoms with Crippen LogP contribution < -0.4 is 4.74 Å². The first kappa shape index (κ1) is 14.9. The molecule has 0 spiro atoms. The van der Waals surface area contributed by atoms with Crippen molar-refractivity contribution in [2.24, 2.45) is 0 Å². The Labute approximate surface area is 126 Å². The summed E-state index contributed by atoms with van der Waals surface area (Å²) in [7, 11) is 1.69. The van der Waals surface area contributed by atoms with Crippen LogP contribution >= 0.6 is 11.6 Å². The van der Waals surface area contributed by atoms with Crippen molar-refractivity contribution < 1.29 is 4.74 Å². The molecule has 0 fully saturated rings.